The number of nitrogens with one attached hydrogen (secondary N) is 1. The number of hydrogen-bond donors (Lipinski definition) is 1. The summed E-state index contributed by atoms with van der Waals surface area (Å²) in [6, 6.07) is 0. The molecule has 0 atom stereocenters. The average molecular weight is 535 g/mol. The number of amides is 1. The topological polar surface area (TPSA) is 112 Å². The van der Waals surface area contributed by atoms with Crippen LogP contribution >= 0.6 is 34.4 Å². The highest BCUT2D eigenvalue weighted by Gasteiger charge is 2.27. The third-order valence-electron chi connectivity index (χ3n) is 5.83. The minimum absolute atomic E-state index is 0.0605. The first-order valence-corrected chi connectivity index (χ1v) is 13.8. The molecule has 0 spiro atoms. The van der Waals surface area contributed by atoms with Crippen molar-refractivity contribution in [3.63, 3.8) is 0 Å². The van der Waals surface area contributed by atoms with Crippen molar-refractivity contribution in [1.82, 2.24) is 14.8 Å². The van der Waals surface area contributed by atoms with E-state index in [2.05, 4.69) is 20.9 Å². The fourth-order valence-corrected chi connectivity index (χ4v) is 7.15. The molecule has 1 N–H and O–H groups in total. The molecule has 0 unspecified atom stereocenters. The van der Waals surface area contributed by atoms with Gasteiger partial charge in [-0.2, -0.15) is 0 Å². The zero-order valence-electron chi connectivity index (χ0n) is 19.9. The Labute approximate surface area is 215 Å². The number of thiophene rings is 2. The summed E-state index contributed by atoms with van der Waals surface area (Å²) >= 11 is 4.05. The van der Waals surface area contributed by atoms with Crippen molar-refractivity contribution in [2.75, 3.05) is 25.3 Å². The van der Waals surface area contributed by atoms with Gasteiger partial charge in [-0.05, 0) is 50.7 Å². The highest BCUT2D eigenvalue weighted by Crippen LogP contribution is 2.37. The van der Waals surface area contributed by atoms with Crippen LogP contribution in [0.5, 0.6) is 0 Å². The number of carbonyl (C=O) groups is 3. The fraction of sp³-hybridized carbons (Fsp3) is 0.435. The van der Waals surface area contributed by atoms with Gasteiger partial charge in [0.15, 0.2) is 11.0 Å². The molecule has 0 radical (unpaired) electrons. The van der Waals surface area contributed by atoms with Crippen molar-refractivity contribution < 1.29 is 23.9 Å². The predicted molar refractivity (Wildman–Crippen MR) is 137 cm³/mol. The van der Waals surface area contributed by atoms with Crippen molar-refractivity contribution in [1.29, 1.82) is 0 Å². The smallest absolute Gasteiger partial charge is 0.348 e. The maximum absolute atomic E-state index is 12.8. The van der Waals surface area contributed by atoms with E-state index in [4.69, 9.17) is 9.47 Å². The summed E-state index contributed by atoms with van der Waals surface area (Å²) in [6.45, 7) is 4.32. The number of fused-ring (bicyclic) bond motifs is 1. The van der Waals surface area contributed by atoms with E-state index in [0.29, 0.717) is 17.3 Å². The largest absolute Gasteiger partial charge is 0.465 e. The van der Waals surface area contributed by atoms with Crippen molar-refractivity contribution in [3.05, 3.63) is 31.8 Å². The monoisotopic (exact) mass is 534 g/mol. The summed E-state index contributed by atoms with van der Waals surface area (Å²) in [5, 5.41) is 14.6. The summed E-state index contributed by atoms with van der Waals surface area (Å²) in [5.74, 6) is -0.652. The van der Waals surface area contributed by atoms with Gasteiger partial charge in [0.1, 0.15) is 9.88 Å². The number of ether oxygens (including phenoxy) is 2. The van der Waals surface area contributed by atoms with E-state index in [1.807, 2.05) is 11.5 Å². The Morgan fingerprint density at radius 1 is 1.14 bits per heavy atom. The lowest BCUT2D eigenvalue weighted by molar-refractivity contribution is -0.113. The number of aryl methyl sites for hydroxylation is 1. The molecule has 0 fully saturated rings. The molecule has 0 saturated heterocycles. The lowest BCUT2D eigenvalue weighted by atomic mass is 9.96. The Hall–Kier alpha value is -2.70. The van der Waals surface area contributed by atoms with Crippen LogP contribution in [0, 0.1) is 6.92 Å². The van der Waals surface area contributed by atoms with Gasteiger partial charge >= 0.3 is 11.9 Å². The van der Waals surface area contributed by atoms with E-state index in [1.54, 1.807) is 18.3 Å². The second-order valence-corrected chi connectivity index (χ2v) is 10.8. The first-order chi connectivity index (χ1) is 16.9. The van der Waals surface area contributed by atoms with Crippen LogP contribution in [0.4, 0.5) is 5.00 Å². The molecule has 4 rings (SSSR count). The van der Waals surface area contributed by atoms with Gasteiger partial charge in [0, 0.05) is 22.4 Å². The van der Waals surface area contributed by atoms with E-state index in [0.717, 1.165) is 35.6 Å². The summed E-state index contributed by atoms with van der Waals surface area (Å²) in [7, 11) is 2.51. The van der Waals surface area contributed by atoms with Crippen LogP contribution in [0.15, 0.2) is 10.5 Å². The van der Waals surface area contributed by atoms with Gasteiger partial charge in [0.25, 0.3) is 0 Å². The van der Waals surface area contributed by atoms with Gasteiger partial charge in [0.2, 0.25) is 5.91 Å². The Balaban J connectivity index is 1.51. The van der Waals surface area contributed by atoms with Crippen molar-refractivity contribution in [3.8, 4) is 11.4 Å². The lowest BCUT2D eigenvalue weighted by Gasteiger charge is -2.13. The number of carbonyl (C=O) groups excluding carboxylic acids is 3. The molecule has 3 aromatic heterocycles. The number of esters is 2. The van der Waals surface area contributed by atoms with E-state index in [1.165, 1.54) is 49.3 Å². The lowest BCUT2D eigenvalue weighted by Crippen LogP contribution is -2.16. The highest BCUT2D eigenvalue weighted by atomic mass is 32.2. The van der Waals surface area contributed by atoms with Gasteiger partial charge in [-0.1, -0.05) is 11.8 Å². The van der Waals surface area contributed by atoms with Crippen LogP contribution < -0.4 is 5.32 Å². The standard InChI is InChI=1S/C23H26N4O5S3/c1-5-27-19(14-10-33-15-9-7-6-8-13(14)15)25-26-23(27)34-11-16(28)24-20-17(21(29)31-3)12(2)18(35-20)22(30)32-4/h10H,5-9,11H2,1-4H3,(H,24,28). The molecular formula is C23H26N4O5S3. The van der Waals surface area contributed by atoms with Crippen LogP contribution in [0.3, 0.4) is 0 Å². The molecule has 0 aliphatic heterocycles. The van der Waals surface area contributed by atoms with E-state index < -0.39 is 11.9 Å². The zero-order chi connectivity index (χ0) is 25.1. The van der Waals surface area contributed by atoms with Gasteiger partial charge in [-0.15, -0.1) is 32.9 Å². The van der Waals surface area contributed by atoms with Crippen LogP contribution in [0.1, 0.15) is 55.8 Å². The van der Waals surface area contributed by atoms with Crippen LogP contribution in [-0.4, -0.2) is 52.6 Å². The first kappa shape index (κ1) is 25.4. The molecule has 186 valence electrons. The molecule has 3 aromatic rings. The number of thioether (sulfide) groups is 1. The molecule has 1 aliphatic rings. The SMILES string of the molecule is CCn1c(SCC(=O)Nc2sc(C(=O)OC)c(C)c2C(=O)OC)nnc1-c1csc2c1CCCC2. The van der Waals surface area contributed by atoms with Crippen molar-refractivity contribution in [2.24, 2.45) is 0 Å². The fourth-order valence-electron chi connectivity index (χ4n) is 4.09. The maximum Gasteiger partial charge on any atom is 0.348 e. The molecule has 35 heavy (non-hydrogen) atoms. The average Bonchev–Trinajstić information content (AvgIpc) is 3.56. The molecule has 0 saturated carbocycles. The number of methoxy groups -OCH3 is 2. The van der Waals surface area contributed by atoms with Gasteiger partial charge < -0.3 is 19.4 Å². The molecule has 3 heterocycles. The summed E-state index contributed by atoms with van der Waals surface area (Å²) in [5.41, 5.74) is 3.08. The van der Waals surface area contributed by atoms with Crippen LogP contribution in [-0.2, 0) is 33.7 Å². The Morgan fingerprint density at radius 3 is 2.60 bits per heavy atom. The number of aromatic nitrogens is 3. The van der Waals surface area contributed by atoms with E-state index >= 15 is 0 Å². The summed E-state index contributed by atoms with van der Waals surface area (Å²) in [4.78, 5) is 38.8. The van der Waals surface area contributed by atoms with E-state index in [9.17, 15) is 14.4 Å². The minimum Gasteiger partial charge on any atom is -0.465 e. The van der Waals surface area contributed by atoms with Gasteiger partial charge in [0.05, 0.1) is 25.5 Å². The van der Waals surface area contributed by atoms with E-state index in [-0.39, 0.29) is 27.1 Å². The van der Waals surface area contributed by atoms with Crippen molar-refractivity contribution >= 4 is 57.3 Å². The quantitative estimate of drug-likeness (QED) is 0.330. The zero-order valence-corrected chi connectivity index (χ0v) is 22.4. The number of rotatable bonds is 8. The third-order valence-corrected chi connectivity index (χ3v) is 9.07. The summed E-state index contributed by atoms with van der Waals surface area (Å²) in [6.07, 6.45) is 4.60. The van der Waals surface area contributed by atoms with Crippen LogP contribution in [0.2, 0.25) is 0 Å². The van der Waals surface area contributed by atoms with Crippen LogP contribution in [0.25, 0.3) is 11.4 Å². The molecule has 0 bridgehead atoms. The third kappa shape index (κ3) is 5.00. The second kappa shape index (κ2) is 10.9. The maximum atomic E-state index is 12.8. The van der Waals surface area contributed by atoms with Gasteiger partial charge in [-0.3, -0.25) is 4.79 Å². The molecule has 1 aliphatic carbocycles. The Kier molecular flexibility index (Phi) is 7.92. The number of nitrogens with zero attached hydrogens (tertiary/aromatic N) is 3. The van der Waals surface area contributed by atoms with Gasteiger partial charge in [-0.25, -0.2) is 9.59 Å². The summed E-state index contributed by atoms with van der Waals surface area (Å²) < 4.78 is 11.7. The molecule has 9 nitrogen and oxygen atoms in total. The second-order valence-electron chi connectivity index (χ2n) is 7.89. The Morgan fingerprint density at radius 2 is 1.89 bits per heavy atom. The number of hydrogen-bond acceptors (Lipinski definition) is 10. The molecule has 0 aromatic carbocycles. The minimum atomic E-state index is -0.633. The number of anilines is 1. The molecule has 12 heteroatoms. The molecular weight excluding hydrogens is 508 g/mol. The normalized spacial score (nSPS) is 12.8. The highest BCUT2D eigenvalue weighted by molar-refractivity contribution is 7.99. The predicted octanol–water partition coefficient (Wildman–Crippen LogP) is 4.58. The Bertz CT molecular complexity index is 1280. The van der Waals surface area contributed by atoms with Crippen molar-refractivity contribution in [2.45, 2.75) is 51.2 Å². The first-order valence-electron chi connectivity index (χ1n) is 11.1. The molecule has 1 amide bonds.